The molecule has 1 aromatic heterocycles. The molecule has 0 aliphatic rings. The molecule has 0 aliphatic heterocycles. The number of aliphatic hydroxyl groups excluding tert-OH is 1. The first-order valence-electron chi connectivity index (χ1n) is 7.92. The third-order valence-corrected chi connectivity index (χ3v) is 3.92. The summed E-state index contributed by atoms with van der Waals surface area (Å²) in [5, 5.41) is 12.9. The van der Waals surface area contributed by atoms with E-state index in [2.05, 4.69) is 54.5 Å². The van der Waals surface area contributed by atoms with E-state index in [0.29, 0.717) is 0 Å². The zero-order valence-corrected chi connectivity index (χ0v) is 13.5. The number of nitrogens with zero attached hydrogens (tertiary/aromatic N) is 1. The molecule has 0 radical (unpaired) electrons. The minimum Gasteiger partial charge on any atom is -0.396 e. The second-order valence-electron chi connectivity index (χ2n) is 6.48. The smallest absolute Gasteiger partial charge is 0.0751 e. The van der Waals surface area contributed by atoms with Crippen LogP contribution in [0.15, 0.2) is 54.7 Å². The van der Waals surface area contributed by atoms with E-state index in [1.165, 1.54) is 5.56 Å². The van der Waals surface area contributed by atoms with Gasteiger partial charge in [-0.3, -0.25) is 4.98 Å². The average molecular weight is 298 g/mol. The van der Waals surface area contributed by atoms with Gasteiger partial charge >= 0.3 is 0 Å². The molecule has 3 nitrogen and oxygen atoms in total. The Hall–Kier alpha value is -1.71. The maximum absolute atomic E-state index is 9.33. The molecule has 1 atom stereocenters. The summed E-state index contributed by atoms with van der Waals surface area (Å²) in [6, 6.07) is 16.5. The molecule has 0 saturated heterocycles. The number of hydrogen-bond donors (Lipinski definition) is 2. The van der Waals surface area contributed by atoms with E-state index in [-0.39, 0.29) is 18.1 Å². The van der Waals surface area contributed by atoms with E-state index in [4.69, 9.17) is 0 Å². The second kappa shape index (κ2) is 8.06. The summed E-state index contributed by atoms with van der Waals surface area (Å²) in [4.78, 5) is 4.50. The van der Waals surface area contributed by atoms with Crippen molar-refractivity contribution in [1.29, 1.82) is 0 Å². The van der Waals surface area contributed by atoms with Crippen LogP contribution in [-0.4, -0.2) is 23.2 Å². The Bertz CT molecular complexity index is 500. The van der Waals surface area contributed by atoms with Gasteiger partial charge in [0.25, 0.3) is 0 Å². The maximum Gasteiger partial charge on any atom is 0.0751 e. The molecule has 2 rings (SSSR count). The summed E-state index contributed by atoms with van der Waals surface area (Å²) in [6.45, 7) is 5.33. The van der Waals surface area contributed by atoms with Crippen molar-refractivity contribution in [2.75, 3.05) is 13.2 Å². The number of aliphatic hydroxyl groups is 1. The minimum absolute atomic E-state index is 0.00504. The number of rotatable bonds is 8. The molecular weight excluding hydrogens is 272 g/mol. The van der Waals surface area contributed by atoms with Gasteiger partial charge < -0.3 is 10.4 Å². The third-order valence-electron chi connectivity index (χ3n) is 3.92. The number of nitrogens with one attached hydrogen (secondary N) is 1. The van der Waals surface area contributed by atoms with E-state index in [0.717, 1.165) is 25.1 Å². The van der Waals surface area contributed by atoms with Crippen molar-refractivity contribution in [3.05, 3.63) is 66.0 Å². The third kappa shape index (κ3) is 4.93. The van der Waals surface area contributed by atoms with Crippen LogP contribution in [0.5, 0.6) is 0 Å². The fourth-order valence-corrected chi connectivity index (χ4v) is 2.48. The van der Waals surface area contributed by atoms with Gasteiger partial charge in [0, 0.05) is 12.8 Å². The van der Waals surface area contributed by atoms with Gasteiger partial charge in [-0.05, 0) is 42.5 Å². The monoisotopic (exact) mass is 298 g/mol. The predicted molar refractivity (Wildman–Crippen MR) is 90.6 cm³/mol. The molecule has 0 amide bonds. The number of aromatic nitrogens is 1. The highest BCUT2D eigenvalue weighted by Gasteiger charge is 2.17. The van der Waals surface area contributed by atoms with Gasteiger partial charge in [-0.1, -0.05) is 50.2 Å². The van der Waals surface area contributed by atoms with Crippen LogP contribution in [0.1, 0.15) is 44.0 Å². The molecule has 0 aliphatic carbocycles. The summed E-state index contributed by atoms with van der Waals surface area (Å²) < 4.78 is 0. The van der Waals surface area contributed by atoms with Crippen LogP contribution in [0.2, 0.25) is 0 Å². The average Bonchev–Trinajstić information content (AvgIpc) is 2.56. The minimum atomic E-state index is -0.00504. The number of benzene rings is 1. The highest BCUT2D eigenvalue weighted by atomic mass is 16.3. The fourth-order valence-electron chi connectivity index (χ4n) is 2.48. The number of pyridine rings is 1. The van der Waals surface area contributed by atoms with E-state index < -0.39 is 0 Å². The molecule has 22 heavy (non-hydrogen) atoms. The molecule has 118 valence electrons. The first kappa shape index (κ1) is 16.7. The fraction of sp³-hybridized carbons (Fsp3) is 0.421. The van der Waals surface area contributed by atoms with Gasteiger partial charge in [0.1, 0.15) is 0 Å². The zero-order chi connectivity index (χ0) is 15.8. The van der Waals surface area contributed by atoms with E-state index in [1.807, 2.05) is 24.4 Å². The maximum atomic E-state index is 9.33. The highest BCUT2D eigenvalue weighted by molar-refractivity contribution is 5.27. The topological polar surface area (TPSA) is 45.1 Å². The molecule has 2 N–H and O–H groups in total. The van der Waals surface area contributed by atoms with E-state index >= 15 is 0 Å². The van der Waals surface area contributed by atoms with E-state index in [1.54, 1.807) is 0 Å². The van der Waals surface area contributed by atoms with Gasteiger partial charge in [-0.25, -0.2) is 0 Å². The van der Waals surface area contributed by atoms with Crippen LogP contribution in [0.25, 0.3) is 0 Å². The van der Waals surface area contributed by atoms with Crippen molar-refractivity contribution >= 4 is 0 Å². The lowest BCUT2D eigenvalue weighted by Crippen LogP contribution is -2.26. The summed E-state index contributed by atoms with van der Waals surface area (Å²) in [6.07, 6.45) is 3.87. The molecule has 0 saturated carbocycles. The Kier molecular flexibility index (Phi) is 6.10. The molecule has 0 spiro atoms. The highest BCUT2D eigenvalue weighted by Crippen LogP contribution is 2.22. The van der Waals surface area contributed by atoms with Gasteiger partial charge in [0.2, 0.25) is 0 Å². The Labute approximate surface area is 133 Å². The van der Waals surface area contributed by atoms with Crippen LogP contribution in [-0.2, 0) is 0 Å². The molecule has 1 unspecified atom stereocenters. The van der Waals surface area contributed by atoms with Crippen molar-refractivity contribution in [1.82, 2.24) is 10.3 Å². The van der Waals surface area contributed by atoms with Crippen LogP contribution < -0.4 is 5.32 Å². The summed E-state index contributed by atoms with van der Waals surface area (Å²) >= 11 is 0. The molecule has 1 heterocycles. The van der Waals surface area contributed by atoms with Crippen molar-refractivity contribution in [3.63, 3.8) is 0 Å². The lowest BCUT2D eigenvalue weighted by Gasteiger charge is -2.23. The summed E-state index contributed by atoms with van der Waals surface area (Å²) in [5.74, 6) is 0. The molecular formula is C19H26N2O. The number of hydrogen-bond acceptors (Lipinski definition) is 3. The Morgan fingerprint density at radius 3 is 2.45 bits per heavy atom. The SMILES string of the molecule is CC(C)(CO)CCCNC(c1ccccc1)c1ccccn1. The van der Waals surface area contributed by atoms with Gasteiger partial charge in [0.15, 0.2) is 0 Å². The zero-order valence-electron chi connectivity index (χ0n) is 13.5. The molecule has 0 bridgehead atoms. The largest absolute Gasteiger partial charge is 0.396 e. The molecule has 1 aromatic carbocycles. The Morgan fingerprint density at radius 2 is 1.82 bits per heavy atom. The molecule has 3 heteroatoms. The first-order chi connectivity index (χ1) is 10.6. The lowest BCUT2D eigenvalue weighted by atomic mass is 9.89. The van der Waals surface area contributed by atoms with Crippen molar-refractivity contribution in [2.24, 2.45) is 5.41 Å². The van der Waals surface area contributed by atoms with Crippen molar-refractivity contribution in [3.8, 4) is 0 Å². The van der Waals surface area contributed by atoms with Gasteiger partial charge in [-0.15, -0.1) is 0 Å². The Morgan fingerprint density at radius 1 is 1.09 bits per heavy atom. The summed E-state index contributed by atoms with van der Waals surface area (Å²) in [7, 11) is 0. The van der Waals surface area contributed by atoms with Crippen molar-refractivity contribution in [2.45, 2.75) is 32.7 Å². The van der Waals surface area contributed by atoms with E-state index in [9.17, 15) is 5.11 Å². The van der Waals surface area contributed by atoms with Crippen LogP contribution in [0.4, 0.5) is 0 Å². The summed E-state index contributed by atoms with van der Waals surface area (Å²) in [5.41, 5.74) is 2.26. The predicted octanol–water partition coefficient (Wildman–Crippen LogP) is 3.56. The van der Waals surface area contributed by atoms with Crippen LogP contribution >= 0.6 is 0 Å². The quantitative estimate of drug-likeness (QED) is 0.732. The normalized spacial score (nSPS) is 13.0. The second-order valence-corrected chi connectivity index (χ2v) is 6.48. The molecule has 2 aromatic rings. The van der Waals surface area contributed by atoms with Crippen LogP contribution in [0.3, 0.4) is 0 Å². The first-order valence-corrected chi connectivity index (χ1v) is 7.92. The molecule has 0 fully saturated rings. The van der Waals surface area contributed by atoms with Gasteiger partial charge in [-0.2, -0.15) is 0 Å². The van der Waals surface area contributed by atoms with Crippen LogP contribution in [0, 0.1) is 5.41 Å². The Balaban J connectivity index is 2.01. The lowest BCUT2D eigenvalue weighted by molar-refractivity contribution is 0.147. The van der Waals surface area contributed by atoms with Crippen molar-refractivity contribution < 1.29 is 5.11 Å². The van der Waals surface area contributed by atoms with Gasteiger partial charge in [0.05, 0.1) is 11.7 Å². The standard InChI is InChI=1S/C19H26N2O/c1-19(2,15-22)12-8-14-21-18(16-9-4-3-5-10-16)17-11-6-7-13-20-17/h3-7,9-11,13,18,21-22H,8,12,14-15H2,1-2H3.